The van der Waals surface area contributed by atoms with E-state index < -0.39 is 11.8 Å². The Morgan fingerprint density at radius 1 is 1.12 bits per heavy atom. The van der Waals surface area contributed by atoms with Crippen LogP contribution in [0.1, 0.15) is 12.5 Å². The highest BCUT2D eigenvalue weighted by molar-refractivity contribution is 6.39. The molecule has 0 spiro atoms. The number of hydrogen-bond donors (Lipinski definition) is 3. The predicted molar refractivity (Wildman–Crippen MR) is 96.6 cm³/mol. The quantitative estimate of drug-likeness (QED) is 0.415. The van der Waals surface area contributed by atoms with E-state index in [0.717, 1.165) is 0 Å². The molecule has 0 aliphatic rings. The first-order chi connectivity index (χ1) is 12.5. The van der Waals surface area contributed by atoms with Gasteiger partial charge in [0.25, 0.3) is 0 Å². The fourth-order valence-electron chi connectivity index (χ4n) is 1.96. The van der Waals surface area contributed by atoms with Crippen molar-refractivity contribution >= 4 is 23.7 Å². The predicted octanol–water partition coefficient (Wildman–Crippen LogP) is 1.89. The molecule has 0 radical (unpaired) electrons. The Labute approximate surface area is 150 Å². The van der Waals surface area contributed by atoms with Crippen molar-refractivity contribution in [3.63, 3.8) is 0 Å². The van der Waals surface area contributed by atoms with Crippen molar-refractivity contribution in [3.8, 4) is 17.2 Å². The van der Waals surface area contributed by atoms with Crippen LogP contribution in [0.5, 0.6) is 17.2 Å². The zero-order valence-corrected chi connectivity index (χ0v) is 14.4. The minimum absolute atomic E-state index is 0.0392. The van der Waals surface area contributed by atoms with Gasteiger partial charge in [-0.15, -0.1) is 0 Å². The van der Waals surface area contributed by atoms with Gasteiger partial charge >= 0.3 is 11.8 Å². The standard InChI is InChI=1S/C18H19N3O5/c1-3-26-14-6-4-13(5-7-14)20-17(23)18(24)21-19-11-12-10-15(25-2)8-9-16(12)22/h4-11,22H,3H2,1-2H3,(H,20,23)(H,21,24)/b19-11+. The number of nitrogens with one attached hydrogen (secondary N) is 2. The molecule has 0 unspecified atom stereocenters. The second-order valence-electron chi connectivity index (χ2n) is 5.04. The molecule has 0 saturated heterocycles. The third-order valence-corrected chi connectivity index (χ3v) is 3.23. The minimum atomic E-state index is -0.947. The second kappa shape index (κ2) is 9.07. The van der Waals surface area contributed by atoms with Crippen LogP contribution in [0.15, 0.2) is 47.6 Å². The van der Waals surface area contributed by atoms with Crippen molar-refractivity contribution in [2.45, 2.75) is 6.92 Å². The van der Waals surface area contributed by atoms with Gasteiger partial charge in [-0.25, -0.2) is 5.43 Å². The number of hydrazone groups is 1. The van der Waals surface area contributed by atoms with E-state index in [4.69, 9.17) is 9.47 Å². The highest BCUT2D eigenvalue weighted by atomic mass is 16.5. The summed E-state index contributed by atoms with van der Waals surface area (Å²) in [6, 6.07) is 11.1. The number of rotatable bonds is 6. The van der Waals surface area contributed by atoms with Gasteiger partial charge in [-0.2, -0.15) is 5.10 Å². The van der Waals surface area contributed by atoms with Crippen molar-refractivity contribution < 1.29 is 24.2 Å². The van der Waals surface area contributed by atoms with E-state index in [1.165, 1.54) is 25.5 Å². The molecule has 0 heterocycles. The van der Waals surface area contributed by atoms with Crippen LogP contribution in [0, 0.1) is 0 Å². The lowest BCUT2D eigenvalue weighted by Crippen LogP contribution is -2.32. The number of ether oxygens (including phenoxy) is 2. The average Bonchev–Trinajstić information content (AvgIpc) is 2.65. The molecule has 0 aliphatic heterocycles. The Morgan fingerprint density at radius 2 is 1.81 bits per heavy atom. The zero-order chi connectivity index (χ0) is 18.9. The topological polar surface area (TPSA) is 109 Å². The molecular formula is C18H19N3O5. The molecule has 8 nitrogen and oxygen atoms in total. The molecule has 26 heavy (non-hydrogen) atoms. The van der Waals surface area contributed by atoms with Crippen LogP contribution in [0.4, 0.5) is 5.69 Å². The van der Waals surface area contributed by atoms with Gasteiger partial charge in [0.1, 0.15) is 17.2 Å². The number of anilines is 1. The number of carbonyl (C=O) groups is 2. The summed E-state index contributed by atoms with van der Waals surface area (Å²) < 4.78 is 10.3. The van der Waals surface area contributed by atoms with Gasteiger partial charge in [-0.3, -0.25) is 9.59 Å². The van der Waals surface area contributed by atoms with Crippen molar-refractivity contribution in [2.24, 2.45) is 5.10 Å². The summed E-state index contributed by atoms with van der Waals surface area (Å²) in [4.78, 5) is 23.6. The Hall–Kier alpha value is -3.55. The van der Waals surface area contributed by atoms with Crippen molar-refractivity contribution in [1.29, 1.82) is 0 Å². The first-order valence-electron chi connectivity index (χ1n) is 7.77. The molecule has 0 atom stereocenters. The molecule has 2 amide bonds. The van der Waals surface area contributed by atoms with E-state index in [0.29, 0.717) is 29.4 Å². The van der Waals surface area contributed by atoms with Crippen molar-refractivity contribution in [1.82, 2.24) is 5.43 Å². The normalized spacial score (nSPS) is 10.4. The highest BCUT2D eigenvalue weighted by Crippen LogP contribution is 2.21. The van der Waals surface area contributed by atoms with Gasteiger partial charge in [-0.05, 0) is 49.4 Å². The zero-order valence-electron chi connectivity index (χ0n) is 14.4. The average molecular weight is 357 g/mol. The molecule has 0 aromatic heterocycles. The number of aromatic hydroxyl groups is 1. The number of carbonyl (C=O) groups excluding carboxylic acids is 2. The van der Waals surface area contributed by atoms with Crippen LogP contribution in [0.25, 0.3) is 0 Å². The van der Waals surface area contributed by atoms with Crippen LogP contribution >= 0.6 is 0 Å². The fourth-order valence-corrected chi connectivity index (χ4v) is 1.96. The van der Waals surface area contributed by atoms with E-state index in [1.54, 1.807) is 30.3 Å². The third kappa shape index (κ3) is 5.23. The number of benzene rings is 2. The van der Waals surface area contributed by atoms with E-state index in [2.05, 4.69) is 15.8 Å². The molecule has 0 aliphatic carbocycles. The first kappa shape index (κ1) is 18.8. The summed E-state index contributed by atoms with van der Waals surface area (Å²) in [5, 5.41) is 15.8. The Kier molecular flexibility index (Phi) is 6.55. The molecule has 2 rings (SSSR count). The largest absolute Gasteiger partial charge is 0.507 e. The summed E-state index contributed by atoms with van der Waals surface area (Å²) in [6.45, 7) is 2.40. The van der Waals surface area contributed by atoms with Crippen LogP contribution in [0.3, 0.4) is 0 Å². The summed E-state index contributed by atoms with van der Waals surface area (Å²) in [6.07, 6.45) is 1.21. The number of methoxy groups -OCH3 is 1. The number of phenolic OH excluding ortho intramolecular Hbond substituents is 1. The SMILES string of the molecule is CCOc1ccc(NC(=O)C(=O)N/N=C/c2cc(OC)ccc2O)cc1. The van der Waals surface area contributed by atoms with Gasteiger partial charge in [0.2, 0.25) is 0 Å². The van der Waals surface area contributed by atoms with Crippen LogP contribution in [0.2, 0.25) is 0 Å². The lowest BCUT2D eigenvalue weighted by Gasteiger charge is -2.06. The van der Waals surface area contributed by atoms with E-state index in [-0.39, 0.29) is 5.75 Å². The Balaban J connectivity index is 1.91. The minimum Gasteiger partial charge on any atom is -0.507 e. The van der Waals surface area contributed by atoms with E-state index in [9.17, 15) is 14.7 Å². The van der Waals surface area contributed by atoms with Crippen LogP contribution < -0.4 is 20.2 Å². The number of hydrogen-bond acceptors (Lipinski definition) is 6. The smallest absolute Gasteiger partial charge is 0.329 e. The van der Waals surface area contributed by atoms with E-state index >= 15 is 0 Å². The maximum atomic E-state index is 11.8. The van der Waals surface area contributed by atoms with Gasteiger partial charge in [0.05, 0.1) is 19.9 Å². The molecule has 2 aromatic rings. The Morgan fingerprint density at radius 3 is 2.46 bits per heavy atom. The van der Waals surface area contributed by atoms with Gasteiger partial charge in [-0.1, -0.05) is 0 Å². The molecule has 3 N–H and O–H groups in total. The molecule has 0 saturated carbocycles. The highest BCUT2D eigenvalue weighted by Gasteiger charge is 2.13. The summed E-state index contributed by atoms with van der Waals surface area (Å²) >= 11 is 0. The maximum absolute atomic E-state index is 11.8. The van der Waals surface area contributed by atoms with E-state index in [1.807, 2.05) is 6.92 Å². The Bertz CT molecular complexity index is 803. The maximum Gasteiger partial charge on any atom is 0.329 e. The molecule has 136 valence electrons. The van der Waals surface area contributed by atoms with Crippen molar-refractivity contribution in [2.75, 3.05) is 19.0 Å². The summed E-state index contributed by atoms with van der Waals surface area (Å²) in [5.41, 5.74) is 2.87. The molecule has 2 aromatic carbocycles. The van der Waals surface area contributed by atoms with Crippen LogP contribution in [-0.4, -0.2) is 36.9 Å². The second-order valence-corrected chi connectivity index (χ2v) is 5.04. The van der Waals surface area contributed by atoms with Gasteiger partial charge < -0.3 is 19.9 Å². The fraction of sp³-hybridized carbons (Fsp3) is 0.167. The summed E-state index contributed by atoms with van der Waals surface area (Å²) in [7, 11) is 1.49. The molecule has 0 fully saturated rings. The lowest BCUT2D eigenvalue weighted by atomic mass is 10.2. The number of amides is 2. The number of nitrogens with zero attached hydrogens (tertiary/aromatic N) is 1. The summed E-state index contributed by atoms with van der Waals surface area (Å²) in [5.74, 6) is -0.678. The molecule has 0 bridgehead atoms. The molecular weight excluding hydrogens is 338 g/mol. The molecule has 8 heteroatoms. The number of phenols is 1. The third-order valence-electron chi connectivity index (χ3n) is 3.23. The van der Waals surface area contributed by atoms with Crippen molar-refractivity contribution in [3.05, 3.63) is 48.0 Å². The lowest BCUT2D eigenvalue weighted by molar-refractivity contribution is -0.136. The van der Waals surface area contributed by atoms with Crippen LogP contribution in [-0.2, 0) is 9.59 Å². The first-order valence-corrected chi connectivity index (χ1v) is 7.77. The van der Waals surface area contributed by atoms with Gasteiger partial charge in [0.15, 0.2) is 0 Å². The van der Waals surface area contributed by atoms with Gasteiger partial charge in [0, 0.05) is 11.3 Å². The monoisotopic (exact) mass is 357 g/mol.